The summed E-state index contributed by atoms with van der Waals surface area (Å²) in [6.45, 7) is 7.53. The van der Waals surface area contributed by atoms with Crippen molar-refractivity contribution in [2.45, 2.75) is 70.1 Å². The van der Waals surface area contributed by atoms with Gasteiger partial charge in [-0.2, -0.15) is 0 Å². The number of allylic oxidation sites excluding steroid dienone is 4. The van der Waals surface area contributed by atoms with E-state index in [-0.39, 0.29) is 0 Å². The van der Waals surface area contributed by atoms with Crippen LogP contribution in [-0.4, -0.2) is 8.07 Å². The van der Waals surface area contributed by atoms with Crippen LogP contribution in [0.5, 0.6) is 0 Å². The SMILES string of the molecule is CCC(C)C[Si]1(C2C(C)CC3C(c4ccccc4)=CC=CC32)CCCC1. The summed E-state index contributed by atoms with van der Waals surface area (Å²) < 4.78 is 0. The van der Waals surface area contributed by atoms with E-state index in [9.17, 15) is 0 Å². The van der Waals surface area contributed by atoms with Crippen molar-refractivity contribution in [3.05, 3.63) is 54.1 Å². The van der Waals surface area contributed by atoms with Crippen molar-refractivity contribution >= 4 is 13.6 Å². The average molecular weight is 365 g/mol. The van der Waals surface area contributed by atoms with E-state index in [0.29, 0.717) is 0 Å². The minimum Gasteiger partial charge on any atom is -0.0808 e. The van der Waals surface area contributed by atoms with Gasteiger partial charge in [-0.05, 0) is 46.8 Å². The lowest BCUT2D eigenvalue weighted by Crippen LogP contribution is -2.42. The van der Waals surface area contributed by atoms with Crippen LogP contribution in [-0.2, 0) is 0 Å². The van der Waals surface area contributed by atoms with Gasteiger partial charge in [0.25, 0.3) is 0 Å². The molecule has 2 fully saturated rings. The minimum atomic E-state index is -1.16. The number of rotatable bonds is 5. The van der Waals surface area contributed by atoms with Crippen LogP contribution in [0.15, 0.2) is 48.6 Å². The van der Waals surface area contributed by atoms with Crippen LogP contribution in [0.4, 0.5) is 0 Å². The summed E-state index contributed by atoms with van der Waals surface area (Å²) in [5, 5.41) is 0. The second kappa shape index (κ2) is 7.50. The summed E-state index contributed by atoms with van der Waals surface area (Å²) in [4.78, 5) is 0. The van der Waals surface area contributed by atoms with Crippen molar-refractivity contribution in [3.8, 4) is 0 Å². The van der Waals surface area contributed by atoms with Crippen molar-refractivity contribution in [2.24, 2.45) is 23.7 Å². The average Bonchev–Trinajstić information content (AvgIpc) is 3.26. The predicted octanol–water partition coefficient (Wildman–Crippen LogP) is 7.57. The zero-order valence-electron chi connectivity index (χ0n) is 17.0. The molecular formula is C25H36Si. The molecule has 3 aliphatic rings. The molecular weight excluding hydrogens is 328 g/mol. The molecule has 1 aliphatic heterocycles. The fourth-order valence-corrected chi connectivity index (χ4v) is 14.6. The topological polar surface area (TPSA) is 0 Å². The number of hydrogen-bond donors (Lipinski definition) is 0. The summed E-state index contributed by atoms with van der Waals surface area (Å²) >= 11 is 0. The largest absolute Gasteiger partial charge is 0.0808 e. The minimum absolute atomic E-state index is 0.768. The Morgan fingerprint density at radius 3 is 2.54 bits per heavy atom. The third-order valence-electron chi connectivity index (χ3n) is 7.99. The molecule has 1 saturated heterocycles. The smallest absolute Gasteiger partial charge is 0.0578 e. The normalized spacial score (nSPS) is 33.7. The zero-order chi connectivity index (χ0) is 18.1. The molecule has 0 spiro atoms. The van der Waals surface area contributed by atoms with Crippen molar-refractivity contribution in [1.82, 2.24) is 0 Å². The molecule has 0 amide bonds. The van der Waals surface area contributed by atoms with Crippen LogP contribution >= 0.6 is 0 Å². The Morgan fingerprint density at radius 1 is 1.12 bits per heavy atom. The molecule has 0 nitrogen and oxygen atoms in total. The van der Waals surface area contributed by atoms with Gasteiger partial charge in [0, 0.05) is 0 Å². The molecule has 1 heterocycles. The molecule has 2 aliphatic carbocycles. The first-order valence-electron chi connectivity index (χ1n) is 11.1. The lowest BCUT2D eigenvalue weighted by molar-refractivity contribution is 0.528. The fraction of sp³-hybridized carbons (Fsp3) is 0.600. The molecule has 4 rings (SSSR count). The Balaban J connectivity index is 1.65. The Bertz CT molecular complexity index is 665. The van der Waals surface area contributed by atoms with E-state index in [2.05, 4.69) is 69.3 Å². The second-order valence-corrected chi connectivity index (χ2v) is 14.4. The summed E-state index contributed by atoms with van der Waals surface area (Å²) in [5.74, 6) is 3.43. The lowest BCUT2D eigenvalue weighted by atomic mass is 9.81. The molecule has 5 atom stereocenters. The van der Waals surface area contributed by atoms with E-state index in [0.717, 1.165) is 29.2 Å². The fourth-order valence-electron chi connectivity index (χ4n) is 6.88. The monoisotopic (exact) mass is 364 g/mol. The maximum Gasteiger partial charge on any atom is 0.0578 e. The van der Waals surface area contributed by atoms with Crippen molar-refractivity contribution in [3.63, 3.8) is 0 Å². The van der Waals surface area contributed by atoms with Gasteiger partial charge in [0.15, 0.2) is 0 Å². The zero-order valence-corrected chi connectivity index (χ0v) is 18.0. The first-order chi connectivity index (χ1) is 12.6. The van der Waals surface area contributed by atoms with Gasteiger partial charge in [0.05, 0.1) is 8.07 Å². The lowest BCUT2D eigenvalue weighted by Gasteiger charge is -2.42. The molecule has 5 unspecified atom stereocenters. The Hall–Kier alpha value is -1.08. The quantitative estimate of drug-likeness (QED) is 0.472. The summed E-state index contributed by atoms with van der Waals surface area (Å²) in [6, 6.07) is 16.0. The van der Waals surface area contributed by atoms with Gasteiger partial charge in [-0.15, -0.1) is 0 Å². The van der Waals surface area contributed by atoms with Gasteiger partial charge in [-0.25, -0.2) is 0 Å². The maximum absolute atomic E-state index is 2.62. The van der Waals surface area contributed by atoms with Crippen LogP contribution in [0.25, 0.3) is 5.57 Å². The van der Waals surface area contributed by atoms with Gasteiger partial charge in [0.1, 0.15) is 0 Å². The summed E-state index contributed by atoms with van der Waals surface area (Å²) in [5.41, 5.74) is 4.11. The molecule has 1 aromatic rings. The molecule has 0 aromatic heterocycles. The molecule has 1 saturated carbocycles. The Kier molecular flexibility index (Phi) is 5.28. The van der Waals surface area contributed by atoms with Crippen molar-refractivity contribution in [2.75, 3.05) is 0 Å². The van der Waals surface area contributed by atoms with Crippen LogP contribution in [0.2, 0.25) is 23.7 Å². The van der Waals surface area contributed by atoms with Crippen LogP contribution < -0.4 is 0 Å². The van der Waals surface area contributed by atoms with E-state index in [1.165, 1.54) is 31.2 Å². The number of hydrogen-bond acceptors (Lipinski definition) is 0. The van der Waals surface area contributed by atoms with Gasteiger partial charge in [0.2, 0.25) is 0 Å². The van der Waals surface area contributed by atoms with E-state index in [1.807, 2.05) is 0 Å². The third-order valence-corrected chi connectivity index (χ3v) is 14.6. The number of fused-ring (bicyclic) bond motifs is 1. The van der Waals surface area contributed by atoms with Crippen LogP contribution in [0, 0.1) is 23.7 Å². The van der Waals surface area contributed by atoms with Crippen LogP contribution in [0.3, 0.4) is 0 Å². The van der Waals surface area contributed by atoms with Gasteiger partial charge >= 0.3 is 0 Å². The first-order valence-corrected chi connectivity index (χ1v) is 13.8. The molecule has 0 bridgehead atoms. The van der Waals surface area contributed by atoms with E-state index >= 15 is 0 Å². The van der Waals surface area contributed by atoms with E-state index < -0.39 is 8.07 Å². The number of benzene rings is 1. The van der Waals surface area contributed by atoms with Crippen molar-refractivity contribution in [1.29, 1.82) is 0 Å². The second-order valence-electron chi connectivity index (χ2n) is 9.58. The third kappa shape index (κ3) is 3.17. The predicted molar refractivity (Wildman–Crippen MR) is 117 cm³/mol. The highest BCUT2D eigenvalue weighted by Gasteiger charge is 2.54. The standard InChI is InChI=1S/C25H36Si/c1-4-19(2)18-26(15-8-9-16-26)25-20(3)17-24-22(13-10-14-23(24)25)21-11-6-5-7-12-21/h5-7,10-14,19-20,23-25H,4,8-9,15-18H2,1-3H3. The van der Waals surface area contributed by atoms with E-state index in [1.54, 1.807) is 23.7 Å². The highest BCUT2D eigenvalue weighted by molar-refractivity contribution is 6.82. The maximum atomic E-state index is 2.62. The summed E-state index contributed by atoms with van der Waals surface area (Å²) in [7, 11) is -1.16. The van der Waals surface area contributed by atoms with Gasteiger partial charge < -0.3 is 0 Å². The molecule has 1 heteroatoms. The molecule has 140 valence electrons. The highest BCUT2D eigenvalue weighted by Crippen LogP contribution is 2.61. The van der Waals surface area contributed by atoms with Gasteiger partial charge in [-0.3, -0.25) is 0 Å². The molecule has 1 aromatic carbocycles. The highest BCUT2D eigenvalue weighted by atomic mass is 28.3. The molecule has 0 radical (unpaired) electrons. The molecule has 0 N–H and O–H groups in total. The Morgan fingerprint density at radius 2 is 1.85 bits per heavy atom. The molecule has 26 heavy (non-hydrogen) atoms. The Labute approximate surface area is 161 Å². The summed E-state index contributed by atoms with van der Waals surface area (Å²) in [6.07, 6.45) is 13.3. The van der Waals surface area contributed by atoms with Gasteiger partial charge in [-0.1, -0.05) is 107 Å². The van der Waals surface area contributed by atoms with E-state index in [4.69, 9.17) is 0 Å². The van der Waals surface area contributed by atoms with Crippen molar-refractivity contribution < 1.29 is 0 Å². The first kappa shape index (κ1) is 18.3. The van der Waals surface area contributed by atoms with Crippen LogP contribution in [0.1, 0.15) is 52.0 Å².